The molecule has 0 saturated heterocycles. The summed E-state index contributed by atoms with van der Waals surface area (Å²) >= 11 is 0. The van der Waals surface area contributed by atoms with Crippen LogP contribution in [-0.4, -0.2) is 42.3 Å². The first-order valence-corrected chi connectivity index (χ1v) is 8.66. The smallest absolute Gasteiger partial charge is 0.341 e. The van der Waals surface area contributed by atoms with Crippen LogP contribution in [0.25, 0.3) is 0 Å². The van der Waals surface area contributed by atoms with Crippen LogP contribution in [0, 0.1) is 0 Å². The Balaban J connectivity index is 1.47. The Kier molecular flexibility index (Phi) is 5.80. The van der Waals surface area contributed by atoms with E-state index in [2.05, 4.69) is 5.32 Å². The van der Waals surface area contributed by atoms with Gasteiger partial charge >= 0.3 is 5.97 Å². The molecular formula is C20H21NO6. The highest BCUT2D eigenvalue weighted by Gasteiger charge is 2.33. The summed E-state index contributed by atoms with van der Waals surface area (Å²) in [6, 6.07) is 14.3. The minimum atomic E-state index is -1.02. The van der Waals surface area contributed by atoms with Crippen molar-refractivity contribution < 1.29 is 28.9 Å². The fourth-order valence-corrected chi connectivity index (χ4v) is 2.73. The van der Waals surface area contributed by atoms with Crippen molar-refractivity contribution in [2.24, 2.45) is 0 Å². The Morgan fingerprint density at radius 2 is 1.74 bits per heavy atom. The molecular weight excluding hydrogens is 350 g/mol. The van der Waals surface area contributed by atoms with E-state index < -0.39 is 12.1 Å². The van der Waals surface area contributed by atoms with E-state index in [0.717, 1.165) is 5.56 Å². The van der Waals surface area contributed by atoms with Gasteiger partial charge in [0.2, 0.25) is 6.10 Å². The van der Waals surface area contributed by atoms with Crippen molar-refractivity contribution in [3.05, 3.63) is 54.1 Å². The number of carbonyl (C=O) groups excluding carboxylic acids is 1. The number of rotatable bonds is 7. The minimum absolute atomic E-state index is 0.224. The third-order valence-corrected chi connectivity index (χ3v) is 4.10. The fourth-order valence-electron chi connectivity index (χ4n) is 2.73. The van der Waals surface area contributed by atoms with Crippen LogP contribution in [0.1, 0.15) is 12.5 Å². The molecule has 0 bridgehead atoms. The number of benzene rings is 2. The van der Waals surface area contributed by atoms with E-state index in [1.807, 2.05) is 30.3 Å². The van der Waals surface area contributed by atoms with Crippen LogP contribution in [0.3, 0.4) is 0 Å². The van der Waals surface area contributed by atoms with Gasteiger partial charge in [0.05, 0.1) is 0 Å². The number of para-hydroxylation sites is 2. The summed E-state index contributed by atoms with van der Waals surface area (Å²) < 4.78 is 16.6. The van der Waals surface area contributed by atoms with E-state index in [4.69, 9.17) is 19.3 Å². The first-order valence-electron chi connectivity index (χ1n) is 8.66. The molecule has 0 aromatic heterocycles. The summed E-state index contributed by atoms with van der Waals surface area (Å²) in [5.41, 5.74) is 0.997. The zero-order chi connectivity index (χ0) is 19.2. The van der Waals surface area contributed by atoms with Crippen molar-refractivity contribution in [1.82, 2.24) is 5.32 Å². The van der Waals surface area contributed by atoms with E-state index >= 15 is 0 Å². The van der Waals surface area contributed by atoms with Gasteiger partial charge in [-0.2, -0.15) is 0 Å². The molecule has 0 aliphatic carbocycles. The lowest BCUT2D eigenvalue weighted by Gasteiger charge is -2.31. The summed E-state index contributed by atoms with van der Waals surface area (Å²) in [7, 11) is 0. The zero-order valence-electron chi connectivity index (χ0n) is 14.9. The molecule has 0 fully saturated rings. The molecule has 1 aliphatic heterocycles. The van der Waals surface area contributed by atoms with Crippen LogP contribution in [0.4, 0.5) is 0 Å². The zero-order valence-corrected chi connectivity index (χ0v) is 14.9. The Morgan fingerprint density at radius 3 is 2.41 bits per heavy atom. The van der Waals surface area contributed by atoms with Crippen molar-refractivity contribution >= 4 is 11.9 Å². The Labute approximate surface area is 156 Å². The number of aliphatic carboxylic acids is 1. The molecule has 0 spiro atoms. The van der Waals surface area contributed by atoms with Crippen LogP contribution >= 0.6 is 0 Å². The van der Waals surface area contributed by atoms with Gasteiger partial charge in [-0.15, -0.1) is 0 Å². The number of ether oxygens (including phenoxy) is 3. The van der Waals surface area contributed by atoms with Gasteiger partial charge in [0.25, 0.3) is 5.91 Å². The second kappa shape index (κ2) is 8.44. The number of amides is 1. The Hall–Kier alpha value is -3.22. The minimum Gasteiger partial charge on any atom is -0.482 e. The van der Waals surface area contributed by atoms with Crippen LogP contribution in [0.15, 0.2) is 48.5 Å². The topological polar surface area (TPSA) is 94.1 Å². The predicted molar refractivity (Wildman–Crippen MR) is 97.2 cm³/mol. The van der Waals surface area contributed by atoms with Crippen molar-refractivity contribution in [1.29, 1.82) is 0 Å². The largest absolute Gasteiger partial charge is 0.482 e. The average Bonchev–Trinajstić information content (AvgIpc) is 2.66. The van der Waals surface area contributed by atoms with Gasteiger partial charge in [-0.25, -0.2) is 4.79 Å². The fraction of sp³-hybridized carbons (Fsp3) is 0.300. The molecule has 0 radical (unpaired) electrons. The summed E-state index contributed by atoms with van der Waals surface area (Å²) in [5.74, 6) is 0.448. The van der Waals surface area contributed by atoms with E-state index in [9.17, 15) is 9.59 Å². The highest BCUT2D eigenvalue weighted by Crippen LogP contribution is 2.33. The highest BCUT2D eigenvalue weighted by atomic mass is 16.6. The van der Waals surface area contributed by atoms with Gasteiger partial charge in [0.15, 0.2) is 18.1 Å². The molecule has 1 heterocycles. The number of carboxylic acid groups (broad SMARTS) is 1. The SMILES string of the molecule is CC1Oc2ccccc2OC1C(=O)NCCc1ccc(OCC(=O)O)cc1. The van der Waals surface area contributed by atoms with Gasteiger partial charge < -0.3 is 24.6 Å². The summed E-state index contributed by atoms with van der Waals surface area (Å²) in [4.78, 5) is 22.9. The van der Waals surface area contributed by atoms with Gasteiger partial charge in [-0.1, -0.05) is 24.3 Å². The average molecular weight is 371 g/mol. The van der Waals surface area contributed by atoms with E-state index in [0.29, 0.717) is 30.2 Å². The first kappa shape index (κ1) is 18.6. The second-order valence-electron chi connectivity index (χ2n) is 6.18. The summed E-state index contributed by atoms with van der Waals surface area (Å²) in [5, 5.41) is 11.5. The van der Waals surface area contributed by atoms with Crippen molar-refractivity contribution in [2.45, 2.75) is 25.6 Å². The Morgan fingerprint density at radius 1 is 1.07 bits per heavy atom. The predicted octanol–water partition coefficient (Wildman–Crippen LogP) is 2.04. The maximum absolute atomic E-state index is 12.4. The number of hydrogen-bond donors (Lipinski definition) is 2. The molecule has 2 N–H and O–H groups in total. The van der Waals surface area contributed by atoms with E-state index in [-0.39, 0.29) is 18.6 Å². The molecule has 1 aliphatic rings. The maximum Gasteiger partial charge on any atom is 0.341 e. The van der Waals surface area contributed by atoms with Crippen LogP contribution in [-0.2, 0) is 16.0 Å². The van der Waals surface area contributed by atoms with Crippen molar-refractivity contribution in [3.63, 3.8) is 0 Å². The third kappa shape index (κ3) is 4.91. The Bertz CT molecular complexity index is 804. The molecule has 1 amide bonds. The van der Waals surface area contributed by atoms with E-state index in [1.165, 1.54) is 0 Å². The molecule has 27 heavy (non-hydrogen) atoms. The molecule has 7 nitrogen and oxygen atoms in total. The third-order valence-electron chi connectivity index (χ3n) is 4.10. The van der Waals surface area contributed by atoms with E-state index in [1.54, 1.807) is 25.1 Å². The second-order valence-corrected chi connectivity index (χ2v) is 6.18. The molecule has 3 rings (SSSR count). The number of carbonyl (C=O) groups is 2. The number of carboxylic acids is 1. The van der Waals surface area contributed by atoms with Gasteiger partial charge in [-0.05, 0) is 43.2 Å². The first-order chi connectivity index (χ1) is 13.0. The van der Waals surface area contributed by atoms with Crippen LogP contribution in [0.5, 0.6) is 17.2 Å². The number of hydrogen-bond acceptors (Lipinski definition) is 5. The molecule has 2 atom stereocenters. The maximum atomic E-state index is 12.4. The monoisotopic (exact) mass is 371 g/mol. The lowest BCUT2D eigenvalue weighted by Crippen LogP contribution is -2.49. The standard InChI is InChI=1S/C20H21NO6/c1-13-19(27-17-5-3-2-4-16(17)26-13)20(24)21-11-10-14-6-8-15(9-7-14)25-12-18(22)23/h2-9,13,19H,10-12H2,1H3,(H,21,24)(H,22,23). The van der Waals surface area contributed by atoms with Crippen molar-refractivity contribution in [3.8, 4) is 17.2 Å². The van der Waals surface area contributed by atoms with Crippen LogP contribution in [0.2, 0.25) is 0 Å². The van der Waals surface area contributed by atoms with Gasteiger partial charge in [0.1, 0.15) is 11.9 Å². The van der Waals surface area contributed by atoms with Crippen LogP contribution < -0.4 is 19.5 Å². The van der Waals surface area contributed by atoms with Gasteiger partial charge in [0, 0.05) is 6.54 Å². The quantitative estimate of drug-likeness (QED) is 0.774. The molecule has 2 aromatic carbocycles. The molecule has 7 heteroatoms. The summed E-state index contributed by atoms with van der Waals surface area (Å²) in [6.07, 6.45) is -0.457. The lowest BCUT2D eigenvalue weighted by molar-refractivity contribution is -0.139. The van der Waals surface area contributed by atoms with Crippen molar-refractivity contribution in [2.75, 3.05) is 13.2 Å². The normalized spacial score (nSPS) is 17.8. The number of nitrogens with one attached hydrogen (secondary N) is 1. The van der Waals surface area contributed by atoms with Gasteiger partial charge in [-0.3, -0.25) is 4.79 Å². The number of fused-ring (bicyclic) bond motifs is 1. The molecule has 2 unspecified atom stereocenters. The lowest BCUT2D eigenvalue weighted by atomic mass is 10.1. The highest BCUT2D eigenvalue weighted by molar-refractivity contribution is 5.82. The summed E-state index contributed by atoms with van der Waals surface area (Å²) in [6.45, 7) is 1.87. The molecule has 142 valence electrons. The molecule has 0 saturated carbocycles. The molecule has 2 aromatic rings.